The minimum absolute atomic E-state index is 0.127. The van der Waals surface area contributed by atoms with E-state index in [1.807, 2.05) is 19.1 Å². The number of aliphatic imine (C=N–C) groups is 1. The molecular weight excluding hydrogens is 378 g/mol. The van der Waals surface area contributed by atoms with Gasteiger partial charge in [0.25, 0.3) is 0 Å². The van der Waals surface area contributed by atoms with Gasteiger partial charge in [0.2, 0.25) is 5.91 Å². The maximum Gasteiger partial charge on any atom is 0.234 e. The first-order valence-electron chi connectivity index (χ1n) is 10.0. The second-order valence-electron chi connectivity index (χ2n) is 7.37. The number of nitrogens with zero attached hydrogens (tertiary/aromatic N) is 3. The molecular formula is C20H30ClN5O2. The van der Waals surface area contributed by atoms with Crippen LogP contribution < -0.4 is 10.6 Å². The van der Waals surface area contributed by atoms with Crippen LogP contribution in [-0.2, 0) is 4.79 Å². The van der Waals surface area contributed by atoms with Gasteiger partial charge in [-0.15, -0.1) is 0 Å². The quantitative estimate of drug-likeness (QED) is 0.468. The third-order valence-corrected chi connectivity index (χ3v) is 5.24. The molecule has 1 aliphatic carbocycles. The summed E-state index contributed by atoms with van der Waals surface area (Å²) < 4.78 is 0. The van der Waals surface area contributed by atoms with Crippen molar-refractivity contribution in [2.45, 2.75) is 31.9 Å². The molecule has 1 aromatic rings. The molecule has 1 aromatic carbocycles. The molecule has 0 bridgehead atoms. The van der Waals surface area contributed by atoms with Gasteiger partial charge < -0.3 is 20.6 Å². The zero-order valence-electron chi connectivity index (χ0n) is 16.4. The highest BCUT2D eigenvalue weighted by molar-refractivity contribution is 6.30. The summed E-state index contributed by atoms with van der Waals surface area (Å²) in [5, 5.41) is 17.4. The van der Waals surface area contributed by atoms with Gasteiger partial charge in [0.1, 0.15) is 0 Å². The number of hydrogen-bond donors (Lipinski definition) is 3. The number of nitrogens with one attached hydrogen (secondary N) is 2. The lowest BCUT2D eigenvalue weighted by Crippen LogP contribution is -2.54. The number of aliphatic hydroxyl groups is 1. The van der Waals surface area contributed by atoms with Crippen molar-refractivity contribution in [3.63, 3.8) is 0 Å². The molecule has 1 heterocycles. The molecule has 1 aliphatic heterocycles. The second kappa shape index (κ2) is 10.1. The highest BCUT2D eigenvalue weighted by Crippen LogP contribution is 2.18. The Morgan fingerprint density at radius 3 is 2.54 bits per heavy atom. The fourth-order valence-corrected chi connectivity index (χ4v) is 3.34. The predicted molar refractivity (Wildman–Crippen MR) is 112 cm³/mol. The molecule has 7 nitrogen and oxygen atoms in total. The molecule has 1 saturated carbocycles. The molecule has 0 spiro atoms. The zero-order valence-corrected chi connectivity index (χ0v) is 17.2. The fourth-order valence-electron chi connectivity index (χ4n) is 3.21. The molecule has 2 aliphatic rings. The monoisotopic (exact) mass is 407 g/mol. The molecule has 2 fully saturated rings. The summed E-state index contributed by atoms with van der Waals surface area (Å²) in [6.45, 7) is 6.80. The average molecular weight is 408 g/mol. The first kappa shape index (κ1) is 20.9. The maximum absolute atomic E-state index is 12.0. The smallest absolute Gasteiger partial charge is 0.234 e. The molecule has 8 heteroatoms. The van der Waals surface area contributed by atoms with Crippen LogP contribution in [0.1, 0.15) is 31.4 Å². The summed E-state index contributed by atoms with van der Waals surface area (Å²) in [7, 11) is 0. The van der Waals surface area contributed by atoms with E-state index in [0.29, 0.717) is 17.6 Å². The minimum Gasteiger partial charge on any atom is -0.386 e. The van der Waals surface area contributed by atoms with Gasteiger partial charge in [-0.1, -0.05) is 23.7 Å². The van der Waals surface area contributed by atoms with Crippen LogP contribution in [0.3, 0.4) is 0 Å². The molecule has 154 valence electrons. The van der Waals surface area contributed by atoms with Crippen molar-refractivity contribution in [3.8, 4) is 0 Å². The number of carbonyl (C=O) groups is 1. The zero-order chi connectivity index (χ0) is 19.9. The normalized spacial score (nSPS) is 19.4. The molecule has 28 heavy (non-hydrogen) atoms. The number of amides is 1. The third-order valence-electron chi connectivity index (χ3n) is 4.99. The molecule has 1 saturated heterocycles. The van der Waals surface area contributed by atoms with Crippen molar-refractivity contribution in [1.29, 1.82) is 0 Å². The number of hydrogen-bond acceptors (Lipinski definition) is 4. The molecule has 1 atom stereocenters. The van der Waals surface area contributed by atoms with E-state index < -0.39 is 6.10 Å². The Labute approximate surface area is 171 Å². The van der Waals surface area contributed by atoms with Crippen molar-refractivity contribution >= 4 is 23.5 Å². The number of carbonyl (C=O) groups excluding carboxylic acids is 1. The number of aliphatic hydroxyl groups excluding tert-OH is 1. The average Bonchev–Trinajstić information content (AvgIpc) is 3.50. The molecule has 0 radical (unpaired) electrons. The Hall–Kier alpha value is -1.83. The minimum atomic E-state index is -0.668. The van der Waals surface area contributed by atoms with E-state index in [9.17, 15) is 9.90 Å². The Bertz CT molecular complexity index is 670. The van der Waals surface area contributed by atoms with Gasteiger partial charge in [-0.3, -0.25) is 14.7 Å². The number of halogens is 1. The second-order valence-corrected chi connectivity index (χ2v) is 7.80. The maximum atomic E-state index is 12.0. The topological polar surface area (TPSA) is 80.2 Å². The first-order valence-corrected chi connectivity index (χ1v) is 10.4. The summed E-state index contributed by atoms with van der Waals surface area (Å²) >= 11 is 5.90. The standard InChI is InChI=1S/C20H30ClN5O2/c1-2-22-20(23-13-18(27)15-3-5-16(21)6-4-15)26-11-9-25(10-12-26)14-19(28)24-17-7-8-17/h3-6,17-18,27H,2,7-14H2,1H3,(H,22,23)(H,24,28). The van der Waals surface area contributed by atoms with E-state index in [1.54, 1.807) is 12.1 Å². The number of rotatable bonds is 7. The lowest BCUT2D eigenvalue weighted by molar-refractivity contribution is -0.122. The van der Waals surface area contributed by atoms with Crippen LogP contribution in [0, 0.1) is 0 Å². The number of piperazine rings is 1. The van der Waals surface area contributed by atoms with E-state index in [2.05, 4.69) is 25.4 Å². The van der Waals surface area contributed by atoms with E-state index >= 15 is 0 Å². The summed E-state index contributed by atoms with van der Waals surface area (Å²) in [5.41, 5.74) is 0.801. The SMILES string of the molecule is CCNC(=NCC(O)c1ccc(Cl)cc1)N1CCN(CC(=O)NC2CC2)CC1. The third kappa shape index (κ3) is 6.36. The van der Waals surface area contributed by atoms with Gasteiger partial charge >= 0.3 is 0 Å². The Balaban J connectivity index is 1.49. The molecule has 3 rings (SSSR count). The van der Waals surface area contributed by atoms with Crippen LogP contribution in [0.2, 0.25) is 5.02 Å². The van der Waals surface area contributed by atoms with Crippen molar-refractivity contribution in [1.82, 2.24) is 20.4 Å². The van der Waals surface area contributed by atoms with Crippen LogP contribution in [0.5, 0.6) is 0 Å². The van der Waals surface area contributed by atoms with E-state index in [4.69, 9.17) is 11.6 Å². The lowest BCUT2D eigenvalue weighted by atomic mass is 10.1. The Kier molecular flexibility index (Phi) is 7.53. The lowest BCUT2D eigenvalue weighted by Gasteiger charge is -2.36. The first-order chi connectivity index (χ1) is 13.5. The van der Waals surface area contributed by atoms with Crippen LogP contribution in [0.15, 0.2) is 29.3 Å². The summed E-state index contributed by atoms with van der Waals surface area (Å²) in [5.74, 6) is 0.931. The van der Waals surface area contributed by atoms with Crippen molar-refractivity contribution < 1.29 is 9.90 Å². The highest BCUT2D eigenvalue weighted by Gasteiger charge is 2.26. The van der Waals surface area contributed by atoms with Crippen LogP contribution in [0.25, 0.3) is 0 Å². The Morgan fingerprint density at radius 1 is 1.25 bits per heavy atom. The van der Waals surface area contributed by atoms with E-state index in [1.165, 1.54) is 0 Å². The van der Waals surface area contributed by atoms with Gasteiger partial charge in [-0.05, 0) is 37.5 Å². The molecule has 3 N–H and O–H groups in total. The van der Waals surface area contributed by atoms with Gasteiger partial charge in [0, 0.05) is 43.8 Å². The fraction of sp³-hybridized carbons (Fsp3) is 0.600. The largest absolute Gasteiger partial charge is 0.386 e. The van der Waals surface area contributed by atoms with Crippen LogP contribution in [0.4, 0.5) is 0 Å². The highest BCUT2D eigenvalue weighted by atomic mass is 35.5. The molecule has 1 unspecified atom stereocenters. The number of guanidine groups is 1. The van der Waals surface area contributed by atoms with Crippen molar-refractivity contribution in [3.05, 3.63) is 34.9 Å². The van der Waals surface area contributed by atoms with Crippen LogP contribution >= 0.6 is 11.6 Å². The summed E-state index contributed by atoms with van der Waals surface area (Å²) in [6, 6.07) is 7.59. The van der Waals surface area contributed by atoms with E-state index in [-0.39, 0.29) is 12.5 Å². The summed E-state index contributed by atoms with van der Waals surface area (Å²) in [6.07, 6.45) is 1.56. The van der Waals surface area contributed by atoms with Crippen molar-refractivity contribution in [2.24, 2.45) is 4.99 Å². The summed E-state index contributed by atoms with van der Waals surface area (Å²) in [4.78, 5) is 21.0. The molecule has 1 amide bonds. The van der Waals surface area contributed by atoms with Gasteiger partial charge in [0.05, 0.1) is 19.2 Å². The van der Waals surface area contributed by atoms with Gasteiger partial charge in [-0.25, -0.2) is 0 Å². The van der Waals surface area contributed by atoms with Gasteiger partial charge in [0.15, 0.2) is 5.96 Å². The van der Waals surface area contributed by atoms with Gasteiger partial charge in [-0.2, -0.15) is 0 Å². The molecule has 0 aromatic heterocycles. The van der Waals surface area contributed by atoms with Crippen LogP contribution in [-0.4, -0.2) is 78.6 Å². The Morgan fingerprint density at radius 2 is 1.93 bits per heavy atom. The number of benzene rings is 1. The van der Waals surface area contributed by atoms with E-state index in [0.717, 1.165) is 57.1 Å². The predicted octanol–water partition coefficient (Wildman–Crippen LogP) is 1.24. The van der Waals surface area contributed by atoms with Crippen molar-refractivity contribution in [2.75, 3.05) is 45.8 Å².